The van der Waals surface area contributed by atoms with Crippen LogP contribution in [0.3, 0.4) is 0 Å². The van der Waals surface area contributed by atoms with Crippen LogP contribution in [0.25, 0.3) is 0 Å². The van der Waals surface area contributed by atoms with Gasteiger partial charge in [0.1, 0.15) is 0 Å². The van der Waals surface area contributed by atoms with Crippen molar-refractivity contribution in [1.82, 2.24) is 0 Å². The number of thiol groups is 1. The average Bonchev–Trinajstić information content (AvgIpc) is 2.44. The fourth-order valence-corrected chi connectivity index (χ4v) is 2.61. The predicted molar refractivity (Wildman–Crippen MR) is 85.3 cm³/mol. The second kappa shape index (κ2) is 7.69. The molecule has 0 spiro atoms. The van der Waals surface area contributed by atoms with Gasteiger partial charge in [0.05, 0.1) is 15.4 Å². The number of halogens is 3. The number of unbranched alkanes of at least 4 members (excludes halogenated alkanes) is 2. The van der Waals surface area contributed by atoms with Gasteiger partial charge in [0, 0.05) is 18.2 Å². The van der Waals surface area contributed by atoms with Crippen LogP contribution in [0.2, 0.25) is 0 Å². The highest BCUT2D eigenvalue weighted by atomic mass is 32.1. The number of rotatable bonds is 7. The van der Waals surface area contributed by atoms with E-state index in [2.05, 4.69) is 12.8 Å². The molecule has 24 heavy (non-hydrogen) atoms. The maximum atomic E-state index is 13.0. The highest BCUT2D eigenvalue weighted by Crippen LogP contribution is 2.46. The Morgan fingerprint density at radius 2 is 1.79 bits per heavy atom. The molecule has 0 heterocycles. The van der Waals surface area contributed by atoms with Gasteiger partial charge in [-0.3, -0.25) is 20.2 Å². The molecule has 1 aromatic carbocycles. The van der Waals surface area contributed by atoms with Crippen molar-refractivity contribution in [2.45, 2.75) is 39.3 Å². The predicted octanol–water partition coefficient (Wildman–Crippen LogP) is 4.67. The zero-order valence-electron chi connectivity index (χ0n) is 13.0. The van der Waals surface area contributed by atoms with Gasteiger partial charge in [-0.2, -0.15) is 13.2 Å². The summed E-state index contributed by atoms with van der Waals surface area (Å²) in [6.07, 6.45) is -2.83. The average molecular weight is 367 g/mol. The molecule has 0 aliphatic heterocycles. The van der Waals surface area contributed by atoms with Gasteiger partial charge in [0.15, 0.2) is 0 Å². The molecule has 0 aliphatic rings. The Morgan fingerprint density at radius 3 is 2.21 bits per heavy atom. The molecular weight excluding hydrogens is 351 g/mol. The number of nitro benzene ring substituents is 2. The molecule has 134 valence electrons. The number of nitro groups is 2. The van der Waals surface area contributed by atoms with Crippen LogP contribution in [0.1, 0.15) is 37.3 Å². The van der Waals surface area contributed by atoms with Gasteiger partial charge < -0.3 is 4.31 Å². The van der Waals surface area contributed by atoms with E-state index in [-0.39, 0.29) is 6.54 Å². The van der Waals surface area contributed by atoms with Crippen molar-refractivity contribution < 1.29 is 23.0 Å². The lowest BCUT2D eigenvalue weighted by atomic mass is 10.0. The third-order valence-electron chi connectivity index (χ3n) is 3.42. The van der Waals surface area contributed by atoms with Crippen molar-refractivity contribution >= 4 is 29.9 Å². The third-order valence-corrected chi connectivity index (χ3v) is 3.82. The molecule has 0 atom stereocenters. The number of nitrogens with zero attached hydrogens (tertiary/aromatic N) is 3. The highest BCUT2D eigenvalue weighted by molar-refractivity contribution is 7.81. The normalized spacial score (nSPS) is 11.4. The molecule has 0 saturated heterocycles. The van der Waals surface area contributed by atoms with Gasteiger partial charge in [-0.05, 0) is 13.3 Å². The van der Waals surface area contributed by atoms with Crippen LogP contribution in [-0.4, -0.2) is 16.4 Å². The lowest BCUT2D eigenvalue weighted by molar-refractivity contribution is -0.393. The molecule has 0 saturated carbocycles. The Labute approximate surface area is 141 Å². The largest absolute Gasteiger partial charge is 0.417 e. The van der Waals surface area contributed by atoms with Crippen molar-refractivity contribution in [3.05, 3.63) is 37.4 Å². The summed E-state index contributed by atoms with van der Waals surface area (Å²) in [5, 5.41) is 22.5. The Kier molecular flexibility index (Phi) is 6.41. The SMILES string of the molecule is CCCCCN(S)c1c([N+](=O)[O-])cc(C(F)(F)F)c(C)c1[N+](=O)[O-]. The van der Waals surface area contributed by atoms with Crippen LogP contribution >= 0.6 is 12.8 Å². The molecule has 0 aliphatic carbocycles. The summed E-state index contributed by atoms with van der Waals surface area (Å²) in [5.74, 6) is 0. The first-order valence-corrected chi connectivity index (χ1v) is 7.42. The summed E-state index contributed by atoms with van der Waals surface area (Å²) in [6, 6.07) is 0.320. The first-order valence-electron chi connectivity index (χ1n) is 7.02. The van der Waals surface area contributed by atoms with E-state index < -0.39 is 44.2 Å². The summed E-state index contributed by atoms with van der Waals surface area (Å²) in [4.78, 5) is 20.3. The molecule has 0 N–H and O–H groups in total. The summed E-state index contributed by atoms with van der Waals surface area (Å²) < 4.78 is 40.1. The maximum Gasteiger partial charge on any atom is 0.417 e. The first-order chi connectivity index (χ1) is 11.0. The van der Waals surface area contributed by atoms with Crippen molar-refractivity contribution in [2.24, 2.45) is 0 Å². The summed E-state index contributed by atoms with van der Waals surface area (Å²) in [7, 11) is 0. The minimum atomic E-state index is -4.94. The molecule has 0 amide bonds. The van der Waals surface area contributed by atoms with E-state index in [4.69, 9.17) is 0 Å². The van der Waals surface area contributed by atoms with E-state index >= 15 is 0 Å². The first kappa shape index (κ1) is 20.0. The molecule has 0 radical (unpaired) electrons. The van der Waals surface area contributed by atoms with E-state index in [1.807, 2.05) is 6.92 Å². The summed E-state index contributed by atoms with van der Waals surface area (Å²) >= 11 is 4.02. The van der Waals surface area contributed by atoms with Crippen LogP contribution in [0.4, 0.5) is 30.2 Å². The summed E-state index contributed by atoms with van der Waals surface area (Å²) in [6.45, 7) is 2.96. The van der Waals surface area contributed by atoms with Gasteiger partial charge in [-0.25, -0.2) is 0 Å². The quantitative estimate of drug-likeness (QED) is 0.327. The smallest absolute Gasteiger partial charge is 0.307 e. The second-order valence-electron chi connectivity index (χ2n) is 5.11. The number of alkyl halides is 3. The van der Waals surface area contributed by atoms with Gasteiger partial charge in [-0.1, -0.05) is 32.6 Å². The molecule has 0 bridgehead atoms. The van der Waals surface area contributed by atoms with Crippen LogP contribution < -0.4 is 4.31 Å². The Balaban J connectivity index is 3.63. The van der Waals surface area contributed by atoms with E-state index in [1.54, 1.807) is 0 Å². The van der Waals surface area contributed by atoms with Crippen LogP contribution in [0.5, 0.6) is 0 Å². The number of hydrogen-bond donors (Lipinski definition) is 1. The molecule has 11 heteroatoms. The number of benzene rings is 1. The standard InChI is InChI=1S/C13H16F3N3O4S/c1-3-4-5-6-17(24)12-10(18(20)21)7-9(13(14,15)16)8(2)11(12)19(22)23/h7,24H,3-6H2,1-2H3. The number of hydrogen-bond acceptors (Lipinski definition) is 6. The molecule has 0 fully saturated rings. The van der Waals surface area contributed by atoms with Crippen molar-refractivity contribution in [3.63, 3.8) is 0 Å². The van der Waals surface area contributed by atoms with E-state index in [0.29, 0.717) is 12.5 Å². The maximum absolute atomic E-state index is 13.0. The lowest BCUT2D eigenvalue weighted by Gasteiger charge is -2.20. The van der Waals surface area contributed by atoms with Gasteiger partial charge in [0.2, 0.25) is 5.69 Å². The van der Waals surface area contributed by atoms with Crippen LogP contribution in [-0.2, 0) is 6.18 Å². The van der Waals surface area contributed by atoms with Crippen LogP contribution in [0, 0.1) is 27.2 Å². The Hall–Kier alpha value is -2.04. The lowest BCUT2D eigenvalue weighted by Crippen LogP contribution is -2.18. The molecule has 1 aromatic rings. The molecule has 1 rings (SSSR count). The third kappa shape index (κ3) is 4.28. The zero-order chi connectivity index (χ0) is 18.7. The minimum absolute atomic E-state index is 0.128. The molecule has 0 unspecified atom stereocenters. The van der Waals surface area contributed by atoms with E-state index in [9.17, 15) is 33.4 Å². The summed E-state index contributed by atoms with van der Waals surface area (Å²) in [5.41, 5.74) is -4.56. The Morgan fingerprint density at radius 1 is 1.21 bits per heavy atom. The second-order valence-corrected chi connectivity index (χ2v) is 5.59. The van der Waals surface area contributed by atoms with Crippen molar-refractivity contribution in [1.29, 1.82) is 0 Å². The number of anilines is 1. The van der Waals surface area contributed by atoms with Crippen LogP contribution in [0.15, 0.2) is 6.07 Å². The molecule has 0 aromatic heterocycles. The van der Waals surface area contributed by atoms with E-state index in [1.165, 1.54) is 0 Å². The highest BCUT2D eigenvalue weighted by Gasteiger charge is 2.41. The topological polar surface area (TPSA) is 89.5 Å². The van der Waals surface area contributed by atoms with Gasteiger partial charge >= 0.3 is 17.6 Å². The van der Waals surface area contributed by atoms with Gasteiger partial charge in [-0.15, -0.1) is 0 Å². The minimum Gasteiger partial charge on any atom is -0.307 e. The monoisotopic (exact) mass is 367 g/mol. The van der Waals surface area contributed by atoms with Crippen molar-refractivity contribution in [3.8, 4) is 0 Å². The fourth-order valence-electron chi connectivity index (χ4n) is 2.27. The zero-order valence-corrected chi connectivity index (χ0v) is 13.9. The van der Waals surface area contributed by atoms with Crippen molar-refractivity contribution in [2.75, 3.05) is 10.8 Å². The molecular formula is C13H16F3N3O4S. The van der Waals surface area contributed by atoms with Gasteiger partial charge in [0.25, 0.3) is 0 Å². The Bertz CT molecular complexity index is 652. The van der Waals surface area contributed by atoms with E-state index in [0.717, 1.165) is 24.1 Å². The molecule has 7 nitrogen and oxygen atoms in total. The fraction of sp³-hybridized carbons (Fsp3) is 0.538.